The Hall–Kier alpha value is -1.79. The van der Waals surface area contributed by atoms with Crippen molar-refractivity contribution in [3.8, 4) is 5.75 Å². The number of rotatable bonds is 5. The van der Waals surface area contributed by atoms with Gasteiger partial charge in [-0.05, 0) is 12.5 Å². The summed E-state index contributed by atoms with van der Waals surface area (Å²) < 4.78 is 7.22. The highest BCUT2D eigenvalue weighted by Crippen LogP contribution is 2.16. The van der Waals surface area contributed by atoms with Crippen molar-refractivity contribution in [2.75, 3.05) is 6.61 Å². The molecule has 0 saturated carbocycles. The molecule has 0 aliphatic carbocycles. The maximum Gasteiger partial charge on any atom is 0.490 e. The third-order valence-corrected chi connectivity index (χ3v) is 2.35. The Morgan fingerprint density at radius 1 is 1.53 bits per heavy atom. The van der Waals surface area contributed by atoms with Gasteiger partial charge in [0.25, 0.3) is 0 Å². The number of aromatic nitrogens is 2. The Morgan fingerprint density at radius 3 is 3.06 bits per heavy atom. The largest absolute Gasteiger partial charge is 0.490 e. The fraction of sp³-hybridized carbons (Fsp3) is 0.182. The Labute approximate surface area is 99.1 Å². The van der Waals surface area contributed by atoms with Crippen molar-refractivity contribution in [1.82, 2.24) is 9.38 Å². The molecule has 0 unspecified atom stereocenters. The molecule has 2 rings (SSSR count). The molecule has 2 aromatic heterocycles. The van der Waals surface area contributed by atoms with Crippen molar-refractivity contribution in [2.24, 2.45) is 0 Å². The Kier molecular flexibility index (Phi) is 3.46. The molecule has 0 aliphatic heterocycles. The minimum absolute atomic E-state index is 0.365. The molecule has 2 N–H and O–H groups in total. The molecule has 5 nitrogen and oxygen atoms in total. The molecule has 6 heteroatoms. The van der Waals surface area contributed by atoms with Gasteiger partial charge in [-0.1, -0.05) is 6.08 Å². The van der Waals surface area contributed by atoms with Gasteiger partial charge in [-0.2, -0.15) is 0 Å². The highest BCUT2D eigenvalue weighted by atomic mass is 16.5. The maximum absolute atomic E-state index is 9.17. The summed E-state index contributed by atoms with van der Waals surface area (Å²) in [5.74, 6) is 0.530. The average molecular weight is 232 g/mol. The van der Waals surface area contributed by atoms with Crippen molar-refractivity contribution in [3.05, 3.63) is 37.3 Å². The zero-order valence-electron chi connectivity index (χ0n) is 9.28. The summed E-state index contributed by atoms with van der Waals surface area (Å²) in [4.78, 5) is 4.15. The molecular weight excluding hydrogens is 219 g/mol. The van der Waals surface area contributed by atoms with Gasteiger partial charge in [-0.25, -0.2) is 4.98 Å². The summed E-state index contributed by atoms with van der Waals surface area (Å²) in [6.07, 6.45) is 7.43. The Bertz CT molecular complexity index is 524. The first-order valence-corrected chi connectivity index (χ1v) is 5.29. The highest BCUT2D eigenvalue weighted by Gasteiger charge is 2.15. The van der Waals surface area contributed by atoms with E-state index in [-0.39, 0.29) is 0 Å². The van der Waals surface area contributed by atoms with E-state index in [4.69, 9.17) is 14.8 Å². The van der Waals surface area contributed by atoms with Gasteiger partial charge in [0.05, 0.1) is 6.61 Å². The van der Waals surface area contributed by atoms with Gasteiger partial charge in [0.15, 0.2) is 11.4 Å². The van der Waals surface area contributed by atoms with Crippen LogP contribution in [0.4, 0.5) is 0 Å². The molecule has 0 amide bonds. The molecule has 0 fully saturated rings. The summed E-state index contributed by atoms with van der Waals surface area (Å²) in [6.45, 7) is 4.09. The van der Waals surface area contributed by atoms with E-state index in [1.165, 1.54) is 0 Å². The highest BCUT2D eigenvalue weighted by molar-refractivity contribution is 6.58. The van der Waals surface area contributed by atoms with Crippen LogP contribution in [0.25, 0.3) is 5.65 Å². The van der Waals surface area contributed by atoms with Crippen LogP contribution in [0.1, 0.15) is 6.42 Å². The van der Waals surface area contributed by atoms with Crippen LogP contribution in [0, 0.1) is 0 Å². The maximum atomic E-state index is 9.17. The predicted molar refractivity (Wildman–Crippen MR) is 65.3 cm³/mol. The van der Waals surface area contributed by atoms with Crippen molar-refractivity contribution in [1.29, 1.82) is 0 Å². The van der Waals surface area contributed by atoms with Crippen molar-refractivity contribution < 1.29 is 14.8 Å². The lowest BCUT2D eigenvalue weighted by Crippen LogP contribution is -2.30. The monoisotopic (exact) mass is 232 g/mol. The van der Waals surface area contributed by atoms with Crippen LogP contribution >= 0.6 is 0 Å². The van der Waals surface area contributed by atoms with Crippen LogP contribution in [-0.2, 0) is 0 Å². The van der Waals surface area contributed by atoms with Gasteiger partial charge in [-0.15, -0.1) is 6.58 Å². The first-order chi connectivity index (χ1) is 8.22. The number of hydrogen-bond acceptors (Lipinski definition) is 4. The van der Waals surface area contributed by atoms with E-state index in [1.807, 2.05) is 0 Å². The van der Waals surface area contributed by atoms with Crippen LogP contribution in [0.5, 0.6) is 5.75 Å². The first-order valence-electron chi connectivity index (χ1n) is 5.29. The number of hydrogen-bond donors (Lipinski definition) is 2. The number of pyridine rings is 1. The molecular formula is C11H13BN2O3. The van der Waals surface area contributed by atoms with E-state index < -0.39 is 7.12 Å². The van der Waals surface area contributed by atoms with E-state index in [9.17, 15) is 0 Å². The Morgan fingerprint density at radius 2 is 2.35 bits per heavy atom. The third-order valence-electron chi connectivity index (χ3n) is 2.35. The van der Waals surface area contributed by atoms with Crippen LogP contribution in [0.15, 0.2) is 37.3 Å². The summed E-state index contributed by atoms with van der Waals surface area (Å²) >= 11 is 0. The lowest BCUT2D eigenvalue weighted by atomic mass is 9.81. The van der Waals surface area contributed by atoms with Crippen molar-refractivity contribution in [3.63, 3.8) is 0 Å². The van der Waals surface area contributed by atoms with Crippen LogP contribution in [-0.4, -0.2) is 33.2 Å². The molecule has 0 atom stereocenters. The summed E-state index contributed by atoms with van der Waals surface area (Å²) in [7, 11) is -1.52. The zero-order chi connectivity index (χ0) is 12.3. The second kappa shape index (κ2) is 5.03. The van der Waals surface area contributed by atoms with E-state index >= 15 is 0 Å². The third kappa shape index (κ3) is 2.48. The SMILES string of the molecule is C=CCCOc1cc(B(O)O)cn2ccnc12. The molecule has 2 aromatic rings. The second-order valence-corrected chi connectivity index (χ2v) is 3.60. The van der Waals surface area contributed by atoms with Crippen molar-refractivity contribution >= 4 is 18.2 Å². The molecule has 0 aromatic carbocycles. The smallest absolute Gasteiger partial charge is 0.489 e. The van der Waals surface area contributed by atoms with E-state index in [2.05, 4.69) is 11.6 Å². The van der Waals surface area contributed by atoms with Crippen LogP contribution < -0.4 is 10.2 Å². The molecule has 0 aliphatic rings. The van der Waals surface area contributed by atoms with Crippen LogP contribution in [0.2, 0.25) is 0 Å². The molecule has 2 heterocycles. The van der Waals surface area contributed by atoms with Gasteiger partial charge in [-0.3, -0.25) is 0 Å². The second-order valence-electron chi connectivity index (χ2n) is 3.60. The van der Waals surface area contributed by atoms with Gasteiger partial charge >= 0.3 is 7.12 Å². The number of imidazole rings is 1. The van der Waals surface area contributed by atoms with E-state index in [1.54, 1.807) is 35.1 Å². The number of fused-ring (bicyclic) bond motifs is 1. The zero-order valence-corrected chi connectivity index (χ0v) is 9.28. The van der Waals surface area contributed by atoms with Gasteiger partial charge in [0.2, 0.25) is 0 Å². The lowest BCUT2D eigenvalue weighted by molar-refractivity contribution is 0.327. The minimum atomic E-state index is -1.52. The average Bonchev–Trinajstić information content (AvgIpc) is 2.77. The van der Waals surface area contributed by atoms with E-state index in [0.29, 0.717) is 23.5 Å². The predicted octanol–water partition coefficient (Wildman–Crippen LogP) is -0.0310. The summed E-state index contributed by atoms with van der Waals surface area (Å²) in [5, 5.41) is 18.3. The van der Waals surface area contributed by atoms with Gasteiger partial charge < -0.3 is 19.2 Å². The topological polar surface area (TPSA) is 67.0 Å². The molecule has 0 bridgehead atoms. The van der Waals surface area contributed by atoms with Gasteiger partial charge in [0, 0.05) is 24.1 Å². The molecule has 0 saturated heterocycles. The minimum Gasteiger partial charge on any atom is -0.489 e. The lowest BCUT2D eigenvalue weighted by Gasteiger charge is -2.09. The van der Waals surface area contributed by atoms with Gasteiger partial charge in [0.1, 0.15) is 0 Å². The quantitative estimate of drug-likeness (QED) is 0.431. The molecule has 0 radical (unpaired) electrons. The molecule has 17 heavy (non-hydrogen) atoms. The number of ether oxygens (including phenoxy) is 1. The van der Waals surface area contributed by atoms with Crippen LogP contribution in [0.3, 0.4) is 0 Å². The molecule has 0 spiro atoms. The summed E-state index contributed by atoms with van der Waals surface area (Å²) in [5.41, 5.74) is 1.02. The fourth-order valence-electron chi connectivity index (χ4n) is 1.52. The normalized spacial score (nSPS) is 10.5. The number of nitrogens with zero attached hydrogens (tertiary/aromatic N) is 2. The summed E-state index contributed by atoms with van der Waals surface area (Å²) in [6, 6.07) is 1.58. The van der Waals surface area contributed by atoms with E-state index in [0.717, 1.165) is 6.42 Å². The first kappa shape index (κ1) is 11.7. The molecule has 88 valence electrons. The Balaban J connectivity index is 2.36. The standard InChI is InChI=1S/C11H13BN2O3/c1-2-3-6-17-10-7-9(12(15)16)8-14-5-4-13-11(10)14/h2,4-5,7-8,15-16H,1,3,6H2. The van der Waals surface area contributed by atoms with Crippen molar-refractivity contribution in [2.45, 2.75) is 6.42 Å². The fourth-order valence-corrected chi connectivity index (χ4v) is 1.52.